The first kappa shape index (κ1) is 26.9. The number of nitrogens with zero attached hydrogens (tertiary/aromatic N) is 3. The van der Waals surface area contributed by atoms with Crippen molar-refractivity contribution < 1.29 is 9.47 Å². The molecule has 0 radical (unpaired) electrons. The van der Waals surface area contributed by atoms with Crippen molar-refractivity contribution >= 4 is 29.9 Å². The predicted molar refractivity (Wildman–Crippen MR) is 125 cm³/mol. The predicted octanol–water partition coefficient (Wildman–Crippen LogP) is 3.21. The highest BCUT2D eigenvalue weighted by Crippen LogP contribution is 2.14. The van der Waals surface area contributed by atoms with Crippen LogP contribution in [0.1, 0.15) is 53.4 Å². The van der Waals surface area contributed by atoms with E-state index in [9.17, 15) is 0 Å². The molecule has 1 heterocycles. The molecule has 0 atom stereocenters. The summed E-state index contributed by atoms with van der Waals surface area (Å²) in [6.45, 7) is 14.8. The van der Waals surface area contributed by atoms with E-state index in [1.807, 2.05) is 7.05 Å². The van der Waals surface area contributed by atoms with Crippen LogP contribution in [-0.2, 0) is 9.47 Å². The zero-order valence-electron chi connectivity index (χ0n) is 18.4. The molecular weight excluding hydrogens is 455 g/mol. The van der Waals surface area contributed by atoms with Crippen molar-refractivity contribution in [3.8, 4) is 0 Å². The van der Waals surface area contributed by atoms with E-state index in [4.69, 9.17) is 9.47 Å². The lowest BCUT2D eigenvalue weighted by molar-refractivity contribution is 0.00990. The van der Waals surface area contributed by atoms with Gasteiger partial charge < -0.3 is 19.7 Å². The Morgan fingerprint density at radius 2 is 1.74 bits per heavy atom. The molecule has 1 saturated heterocycles. The largest absolute Gasteiger partial charge is 0.385 e. The molecule has 1 aliphatic heterocycles. The summed E-state index contributed by atoms with van der Waals surface area (Å²) in [6.07, 6.45) is 4.63. The first-order valence-electron chi connectivity index (χ1n) is 10.3. The third-order valence-electron chi connectivity index (χ3n) is 5.00. The molecule has 0 aliphatic carbocycles. The summed E-state index contributed by atoms with van der Waals surface area (Å²) in [5.41, 5.74) is 0. The molecule has 27 heavy (non-hydrogen) atoms. The van der Waals surface area contributed by atoms with Gasteiger partial charge in [-0.3, -0.25) is 9.89 Å². The Morgan fingerprint density at radius 1 is 1.11 bits per heavy atom. The molecule has 0 aromatic heterocycles. The lowest BCUT2D eigenvalue weighted by Gasteiger charge is -2.34. The van der Waals surface area contributed by atoms with E-state index in [2.05, 4.69) is 47.8 Å². The van der Waals surface area contributed by atoms with Gasteiger partial charge in [0.25, 0.3) is 0 Å². The summed E-state index contributed by atoms with van der Waals surface area (Å²) in [5, 5.41) is 3.54. The Kier molecular flexibility index (Phi) is 15.7. The summed E-state index contributed by atoms with van der Waals surface area (Å²) in [6, 6.07) is 1.19. The highest BCUT2D eigenvalue weighted by molar-refractivity contribution is 14.0. The van der Waals surface area contributed by atoms with Gasteiger partial charge in [0.1, 0.15) is 0 Å². The van der Waals surface area contributed by atoms with Crippen LogP contribution in [0.25, 0.3) is 0 Å². The Bertz CT molecular complexity index is 378. The van der Waals surface area contributed by atoms with Crippen LogP contribution in [0.3, 0.4) is 0 Å². The minimum absolute atomic E-state index is 0. The number of nitrogens with one attached hydrogen (secondary N) is 1. The van der Waals surface area contributed by atoms with Gasteiger partial charge in [0.05, 0.1) is 6.10 Å². The zero-order valence-corrected chi connectivity index (χ0v) is 20.7. The number of likely N-dealkylation sites (tertiary alicyclic amines) is 1. The summed E-state index contributed by atoms with van der Waals surface area (Å²) >= 11 is 0. The number of ether oxygens (including phenoxy) is 2. The van der Waals surface area contributed by atoms with E-state index < -0.39 is 0 Å². The van der Waals surface area contributed by atoms with Gasteiger partial charge in [0, 0.05) is 65.6 Å². The van der Waals surface area contributed by atoms with Gasteiger partial charge in [-0.05, 0) is 53.4 Å². The van der Waals surface area contributed by atoms with E-state index >= 15 is 0 Å². The fraction of sp³-hybridized carbons (Fsp3) is 0.950. The molecular formula is C20H43IN4O2. The van der Waals surface area contributed by atoms with E-state index in [0.717, 1.165) is 71.0 Å². The quantitative estimate of drug-likeness (QED) is 0.205. The summed E-state index contributed by atoms with van der Waals surface area (Å²) < 4.78 is 11.0. The van der Waals surface area contributed by atoms with Gasteiger partial charge in [0.2, 0.25) is 0 Å². The fourth-order valence-electron chi connectivity index (χ4n) is 3.59. The number of hydrogen-bond acceptors (Lipinski definition) is 4. The number of piperidine rings is 1. The summed E-state index contributed by atoms with van der Waals surface area (Å²) in [7, 11) is 3.62. The maximum absolute atomic E-state index is 5.94. The molecule has 0 unspecified atom stereocenters. The van der Waals surface area contributed by atoms with Crippen molar-refractivity contribution in [1.29, 1.82) is 0 Å². The van der Waals surface area contributed by atoms with Gasteiger partial charge >= 0.3 is 0 Å². The van der Waals surface area contributed by atoms with Crippen LogP contribution < -0.4 is 5.32 Å². The van der Waals surface area contributed by atoms with Crippen LogP contribution >= 0.6 is 24.0 Å². The highest BCUT2D eigenvalue weighted by atomic mass is 127. The molecule has 1 aliphatic rings. The molecule has 7 heteroatoms. The molecule has 1 N–H and O–H groups in total. The van der Waals surface area contributed by atoms with Crippen LogP contribution in [-0.4, -0.2) is 87.5 Å². The zero-order chi connectivity index (χ0) is 19.4. The molecule has 1 rings (SSSR count). The van der Waals surface area contributed by atoms with E-state index in [1.54, 1.807) is 7.11 Å². The maximum atomic E-state index is 5.94. The second-order valence-corrected chi connectivity index (χ2v) is 7.66. The lowest BCUT2D eigenvalue weighted by atomic mass is 10.1. The smallest absolute Gasteiger partial charge is 0.193 e. The number of methoxy groups -OCH3 is 1. The molecule has 0 aromatic rings. The van der Waals surface area contributed by atoms with Crippen LogP contribution in [0, 0.1) is 0 Å². The van der Waals surface area contributed by atoms with Crippen LogP contribution in [0.4, 0.5) is 0 Å². The number of hydrogen-bond donors (Lipinski definition) is 1. The molecule has 162 valence electrons. The average molecular weight is 498 g/mol. The van der Waals surface area contributed by atoms with Crippen molar-refractivity contribution in [2.75, 3.05) is 53.6 Å². The van der Waals surface area contributed by atoms with Crippen molar-refractivity contribution in [1.82, 2.24) is 15.1 Å². The average Bonchev–Trinajstić information content (AvgIpc) is 2.62. The number of guanidine groups is 1. The highest BCUT2D eigenvalue weighted by Gasteiger charge is 2.21. The van der Waals surface area contributed by atoms with Crippen molar-refractivity contribution in [3.05, 3.63) is 0 Å². The topological polar surface area (TPSA) is 49.3 Å². The van der Waals surface area contributed by atoms with Gasteiger partial charge in [-0.1, -0.05) is 0 Å². The minimum atomic E-state index is 0. The van der Waals surface area contributed by atoms with Gasteiger partial charge in [-0.2, -0.15) is 0 Å². The van der Waals surface area contributed by atoms with Crippen molar-refractivity contribution in [2.24, 2.45) is 4.99 Å². The Balaban J connectivity index is 0.00000676. The standard InChI is InChI=1S/C20H42N4O2.HI/c1-17(2)24(18(3)4)12-7-11-22-20(21-5)23-13-9-19(10-14-23)26-16-8-15-25-6;/h17-19H,7-16H2,1-6H3,(H,21,22);1H. The van der Waals surface area contributed by atoms with Crippen molar-refractivity contribution in [3.63, 3.8) is 0 Å². The Labute approximate surface area is 184 Å². The molecule has 0 bridgehead atoms. The Hall–Kier alpha value is -0.120. The minimum Gasteiger partial charge on any atom is -0.385 e. The first-order chi connectivity index (χ1) is 12.5. The van der Waals surface area contributed by atoms with Crippen LogP contribution in [0.5, 0.6) is 0 Å². The van der Waals surface area contributed by atoms with Crippen molar-refractivity contribution in [2.45, 2.75) is 71.6 Å². The molecule has 1 fully saturated rings. The molecule has 0 spiro atoms. The van der Waals surface area contributed by atoms with Gasteiger partial charge in [-0.15, -0.1) is 24.0 Å². The van der Waals surface area contributed by atoms with Gasteiger partial charge in [0.15, 0.2) is 5.96 Å². The molecule has 0 amide bonds. The fourth-order valence-corrected chi connectivity index (χ4v) is 3.59. The monoisotopic (exact) mass is 498 g/mol. The second kappa shape index (κ2) is 15.8. The van der Waals surface area contributed by atoms with E-state index in [-0.39, 0.29) is 24.0 Å². The lowest BCUT2D eigenvalue weighted by Crippen LogP contribution is -2.47. The molecule has 0 aromatic carbocycles. The number of aliphatic imine (C=N–C) groups is 1. The van der Waals surface area contributed by atoms with Crippen LogP contribution in [0.2, 0.25) is 0 Å². The number of rotatable bonds is 11. The third kappa shape index (κ3) is 10.9. The SMILES string of the molecule is CN=C(NCCCN(C(C)C)C(C)C)N1CCC(OCCCOC)CC1.I. The number of halogens is 1. The first-order valence-corrected chi connectivity index (χ1v) is 10.3. The third-order valence-corrected chi connectivity index (χ3v) is 5.00. The van der Waals surface area contributed by atoms with E-state index in [0.29, 0.717) is 18.2 Å². The van der Waals surface area contributed by atoms with Gasteiger partial charge in [-0.25, -0.2) is 0 Å². The van der Waals surface area contributed by atoms with Crippen LogP contribution in [0.15, 0.2) is 4.99 Å². The Morgan fingerprint density at radius 3 is 2.26 bits per heavy atom. The molecule has 6 nitrogen and oxygen atoms in total. The molecule has 0 saturated carbocycles. The second-order valence-electron chi connectivity index (χ2n) is 7.66. The summed E-state index contributed by atoms with van der Waals surface area (Å²) in [4.78, 5) is 9.37. The normalized spacial score (nSPS) is 16.3. The van der Waals surface area contributed by atoms with E-state index in [1.165, 1.54) is 0 Å². The summed E-state index contributed by atoms with van der Waals surface area (Å²) in [5.74, 6) is 1.03. The maximum Gasteiger partial charge on any atom is 0.193 e.